The summed E-state index contributed by atoms with van der Waals surface area (Å²) in [6, 6.07) is 5.88. The van der Waals surface area contributed by atoms with Gasteiger partial charge >= 0.3 is 6.09 Å². The largest absolute Gasteiger partial charge is 0.493 e. The molecule has 0 atom stereocenters. The second kappa shape index (κ2) is 6.69. The maximum absolute atomic E-state index is 12.3. The number of alkyl halides is 1. The van der Waals surface area contributed by atoms with Crippen molar-refractivity contribution in [3.05, 3.63) is 23.8 Å². The second-order valence-corrected chi connectivity index (χ2v) is 6.86. The predicted octanol–water partition coefficient (Wildman–Crippen LogP) is 4.15. The van der Waals surface area contributed by atoms with Gasteiger partial charge in [0.2, 0.25) is 0 Å². The highest BCUT2D eigenvalue weighted by molar-refractivity contribution is 9.09. The highest BCUT2D eigenvalue weighted by atomic mass is 79.9. The number of ether oxygens (including phenoxy) is 2. The summed E-state index contributed by atoms with van der Waals surface area (Å²) < 4.78 is 11.1. The Bertz CT molecular complexity index is 511. The summed E-state index contributed by atoms with van der Waals surface area (Å²) in [5.74, 6) is 0.847. The van der Waals surface area contributed by atoms with Gasteiger partial charge in [-0.3, -0.25) is 4.90 Å². The number of aryl methyl sites for hydroxylation is 1. The molecule has 1 aliphatic heterocycles. The summed E-state index contributed by atoms with van der Waals surface area (Å²) in [5, 5.41) is 0.800. The third-order valence-corrected chi connectivity index (χ3v) is 3.45. The van der Waals surface area contributed by atoms with E-state index in [1.54, 1.807) is 4.90 Å². The fourth-order valence-corrected chi connectivity index (χ4v) is 2.49. The number of rotatable bonds is 3. The van der Waals surface area contributed by atoms with E-state index in [0.717, 1.165) is 35.2 Å². The van der Waals surface area contributed by atoms with Gasteiger partial charge in [0.1, 0.15) is 11.4 Å². The molecule has 0 saturated heterocycles. The van der Waals surface area contributed by atoms with Crippen LogP contribution in [0.1, 0.15) is 32.8 Å². The number of halogens is 1. The second-order valence-electron chi connectivity index (χ2n) is 6.06. The normalized spacial score (nSPS) is 14.6. The molecule has 0 saturated carbocycles. The van der Waals surface area contributed by atoms with E-state index in [4.69, 9.17) is 9.47 Å². The zero-order valence-electron chi connectivity index (χ0n) is 12.8. The van der Waals surface area contributed by atoms with Crippen LogP contribution in [0.2, 0.25) is 0 Å². The van der Waals surface area contributed by atoms with Gasteiger partial charge in [-0.1, -0.05) is 15.9 Å². The number of hydrogen-bond donors (Lipinski definition) is 0. The van der Waals surface area contributed by atoms with Crippen LogP contribution in [0.25, 0.3) is 0 Å². The first-order valence-corrected chi connectivity index (χ1v) is 8.35. The average Bonchev–Trinajstić information content (AvgIpc) is 2.42. The van der Waals surface area contributed by atoms with E-state index in [0.29, 0.717) is 13.2 Å². The van der Waals surface area contributed by atoms with Crippen LogP contribution in [0.15, 0.2) is 18.2 Å². The van der Waals surface area contributed by atoms with Gasteiger partial charge in [0.15, 0.2) is 0 Å². The van der Waals surface area contributed by atoms with Crippen molar-refractivity contribution in [2.75, 3.05) is 23.4 Å². The van der Waals surface area contributed by atoms with E-state index in [1.165, 1.54) is 0 Å². The Morgan fingerprint density at radius 2 is 2.14 bits per heavy atom. The summed E-state index contributed by atoms with van der Waals surface area (Å²) in [5.41, 5.74) is 1.59. The lowest BCUT2D eigenvalue weighted by Crippen LogP contribution is -2.39. The molecule has 1 aromatic rings. The van der Waals surface area contributed by atoms with Gasteiger partial charge < -0.3 is 9.47 Å². The maximum atomic E-state index is 12.3. The first-order valence-electron chi connectivity index (χ1n) is 7.23. The van der Waals surface area contributed by atoms with Crippen LogP contribution < -0.4 is 9.64 Å². The molecule has 2 rings (SSSR count). The van der Waals surface area contributed by atoms with E-state index < -0.39 is 5.60 Å². The molecule has 1 aromatic carbocycles. The van der Waals surface area contributed by atoms with Crippen LogP contribution in [0.5, 0.6) is 5.75 Å². The summed E-state index contributed by atoms with van der Waals surface area (Å²) in [6.07, 6.45) is 1.62. The molecule has 5 heteroatoms. The van der Waals surface area contributed by atoms with Crippen LogP contribution in [0.4, 0.5) is 10.5 Å². The smallest absolute Gasteiger partial charge is 0.414 e. The van der Waals surface area contributed by atoms with Crippen molar-refractivity contribution in [1.29, 1.82) is 0 Å². The fourth-order valence-electron chi connectivity index (χ4n) is 2.33. The lowest BCUT2D eigenvalue weighted by atomic mass is 10.0. The Kier molecular flexibility index (Phi) is 5.14. The predicted molar refractivity (Wildman–Crippen MR) is 87.6 cm³/mol. The molecule has 4 nitrogen and oxygen atoms in total. The van der Waals surface area contributed by atoms with E-state index in [1.807, 2.05) is 39.0 Å². The number of nitrogens with zero attached hydrogens (tertiary/aromatic N) is 1. The van der Waals surface area contributed by atoms with Crippen molar-refractivity contribution < 1.29 is 14.3 Å². The number of anilines is 1. The summed E-state index contributed by atoms with van der Waals surface area (Å²) in [6.45, 7) is 6.98. The number of amides is 1. The third-order valence-electron chi connectivity index (χ3n) is 3.13. The zero-order valence-corrected chi connectivity index (χ0v) is 14.4. The van der Waals surface area contributed by atoms with Gasteiger partial charge in [0.25, 0.3) is 0 Å². The van der Waals surface area contributed by atoms with Crippen molar-refractivity contribution in [2.24, 2.45) is 0 Å². The van der Waals surface area contributed by atoms with Crippen LogP contribution in [-0.4, -0.2) is 30.2 Å². The molecule has 21 heavy (non-hydrogen) atoms. The fraction of sp³-hybridized carbons (Fsp3) is 0.562. The molecule has 0 N–H and O–H groups in total. The van der Waals surface area contributed by atoms with Crippen LogP contribution in [0, 0.1) is 0 Å². The highest BCUT2D eigenvalue weighted by Gasteiger charge is 2.27. The molecule has 1 aliphatic rings. The van der Waals surface area contributed by atoms with E-state index in [-0.39, 0.29) is 6.09 Å². The molecule has 1 amide bonds. The number of carbonyl (C=O) groups is 1. The average molecular weight is 356 g/mol. The molecule has 0 radical (unpaired) electrons. The monoisotopic (exact) mass is 355 g/mol. The van der Waals surface area contributed by atoms with Crippen molar-refractivity contribution in [2.45, 2.75) is 39.2 Å². The Morgan fingerprint density at radius 1 is 1.38 bits per heavy atom. The SMILES string of the molecule is CC(C)(C)OC(=O)N1CCCc2cc(OCCBr)ccc21. The van der Waals surface area contributed by atoms with Crippen molar-refractivity contribution in [3.8, 4) is 5.75 Å². The van der Waals surface area contributed by atoms with Gasteiger partial charge in [-0.2, -0.15) is 0 Å². The highest BCUT2D eigenvalue weighted by Crippen LogP contribution is 2.31. The molecular weight excluding hydrogens is 334 g/mol. The summed E-state index contributed by atoms with van der Waals surface area (Å²) in [7, 11) is 0. The van der Waals surface area contributed by atoms with Gasteiger partial charge in [0, 0.05) is 11.9 Å². The summed E-state index contributed by atoms with van der Waals surface area (Å²) in [4.78, 5) is 14.0. The minimum atomic E-state index is -0.479. The van der Waals surface area contributed by atoms with Gasteiger partial charge in [-0.15, -0.1) is 0 Å². The van der Waals surface area contributed by atoms with Gasteiger partial charge in [0.05, 0.1) is 12.3 Å². The van der Waals surface area contributed by atoms with Gasteiger partial charge in [-0.25, -0.2) is 4.79 Å². The Morgan fingerprint density at radius 3 is 2.81 bits per heavy atom. The van der Waals surface area contributed by atoms with E-state index in [9.17, 15) is 4.79 Å². The minimum Gasteiger partial charge on any atom is -0.493 e. The van der Waals surface area contributed by atoms with Gasteiger partial charge in [-0.05, 0) is 57.4 Å². The molecule has 0 aliphatic carbocycles. The first-order chi connectivity index (χ1) is 9.90. The first kappa shape index (κ1) is 16.1. The quantitative estimate of drug-likeness (QED) is 0.764. The molecule has 0 spiro atoms. The van der Waals surface area contributed by atoms with E-state index >= 15 is 0 Å². The molecule has 0 aromatic heterocycles. The Balaban J connectivity index is 2.17. The number of fused-ring (bicyclic) bond motifs is 1. The maximum Gasteiger partial charge on any atom is 0.414 e. The topological polar surface area (TPSA) is 38.8 Å². The number of hydrogen-bond acceptors (Lipinski definition) is 3. The Hall–Kier alpha value is -1.23. The standard InChI is InChI=1S/C16H22BrNO3/c1-16(2,3)21-15(19)18-9-4-5-12-11-13(20-10-8-17)6-7-14(12)18/h6-7,11H,4-5,8-10H2,1-3H3. The zero-order chi connectivity index (χ0) is 15.5. The molecule has 116 valence electrons. The Labute approximate surface area is 134 Å². The molecule has 0 fully saturated rings. The van der Waals surface area contributed by atoms with Crippen molar-refractivity contribution in [3.63, 3.8) is 0 Å². The van der Waals surface area contributed by atoms with Crippen LogP contribution in [-0.2, 0) is 11.2 Å². The molecule has 0 bridgehead atoms. The van der Waals surface area contributed by atoms with Crippen molar-refractivity contribution in [1.82, 2.24) is 0 Å². The van der Waals surface area contributed by atoms with Crippen LogP contribution in [0.3, 0.4) is 0 Å². The molecule has 0 unspecified atom stereocenters. The number of carbonyl (C=O) groups excluding carboxylic acids is 1. The molecular formula is C16H22BrNO3. The number of benzene rings is 1. The minimum absolute atomic E-state index is 0.280. The third kappa shape index (κ3) is 4.37. The summed E-state index contributed by atoms with van der Waals surface area (Å²) >= 11 is 3.34. The van der Waals surface area contributed by atoms with Crippen molar-refractivity contribution >= 4 is 27.7 Å². The van der Waals surface area contributed by atoms with E-state index in [2.05, 4.69) is 15.9 Å². The van der Waals surface area contributed by atoms with Crippen LogP contribution >= 0.6 is 15.9 Å². The lowest BCUT2D eigenvalue weighted by molar-refractivity contribution is 0.0578. The lowest BCUT2D eigenvalue weighted by Gasteiger charge is -2.31. The molecule has 1 heterocycles.